The Balaban J connectivity index is 1.91. The Hall–Kier alpha value is -3.90. The van der Waals surface area contributed by atoms with Gasteiger partial charge in [-0.3, -0.25) is 23.5 Å². The van der Waals surface area contributed by atoms with E-state index in [1.165, 1.54) is 9.13 Å². The molecule has 4 rings (SSSR count). The Morgan fingerprint density at radius 2 is 2.00 bits per heavy atom. The average molecular weight is 446 g/mol. The summed E-state index contributed by atoms with van der Waals surface area (Å²) in [5, 5.41) is 0.948. The van der Waals surface area contributed by atoms with Gasteiger partial charge in [0, 0.05) is 38.3 Å². The lowest BCUT2D eigenvalue weighted by Crippen LogP contribution is -2.40. The molecular weight excluding hydrogens is 418 g/mol. The van der Waals surface area contributed by atoms with Crippen molar-refractivity contribution in [2.75, 3.05) is 18.5 Å². The molecule has 0 saturated carbocycles. The third-order valence-corrected chi connectivity index (χ3v) is 5.54. The third-order valence-electron chi connectivity index (χ3n) is 5.54. The molecule has 1 atom stereocenters. The molecule has 3 aromatic heterocycles. The van der Waals surface area contributed by atoms with Crippen LogP contribution in [0.25, 0.3) is 22.1 Å². The van der Waals surface area contributed by atoms with E-state index in [2.05, 4.69) is 21.8 Å². The fraction of sp³-hybridized carbons (Fsp3) is 0.333. The molecule has 0 aliphatic carbocycles. The zero-order chi connectivity index (χ0) is 23.7. The smallest absolute Gasteiger partial charge is 0.332 e. The van der Waals surface area contributed by atoms with Gasteiger partial charge in [-0.2, -0.15) is 4.98 Å². The van der Waals surface area contributed by atoms with Crippen LogP contribution < -0.4 is 21.9 Å². The lowest BCUT2D eigenvalue weighted by atomic mass is 10.1. The van der Waals surface area contributed by atoms with Crippen molar-refractivity contribution in [2.24, 2.45) is 12.8 Å². The van der Waals surface area contributed by atoms with Gasteiger partial charge in [0.25, 0.3) is 5.56 Å². The number of nitrogens with zero attached hydrogens (tertiary/aromatic N) is 6. The van der Waals surface area contributed by atoms with Crippen molar-refractivity contribution in [1.82, 2.24) is 23.7 Å². The lowest BCUT2D eigenvalue weighted by molar-refractivity contribution is 0.654. The number of imidazole rings is 1. The van der Waals surface area contributed by atoms with Gasteiger partial charge in [0.2, 0.25) is 5.95 Å². The largest absolute Gasteiger partial charge is 0.344 e. The minimum Gasteiger partial charge on any atom is -0.344 e. The maximum atomic E-state index is 13.6. The standard InChI is InChI=1S/C24H27N7O2/c1-5-6-12-30-20-21(27-23(30)28(3)14-16(2)25)29(4)24(33)31(22(20)32)15-17-9-10-19-18(13-17)8-7-11-26-19/h7-11,13,16H,12,14-15,25H2,1-4H3. The molecule has 2 N–H and O–H groups in total. The molecule has 0 radical (unpaired) electrons. The molecule has 170 valence electrons. The minimum atomic E-state index is -0.425. The summed E-state index contributed by atoms with van der Waals surface area (Å²) in [5.74, 6) is 6.43. The molecule has 1 aromatic carbocycles. The van der Waals surface area contributed by atoms with E-state index in [9.17, 15) is 9.59 Å². The minimum absolute atomic E-state index is 0.0941. The second kappa shape index (κ2) is 8.92. The van der Waals surface area contributed by atoms with E-state index in [0.29, 0.717) is 23.7 Å². The maximum absolute atomic E-state index is 13.6. The van der Waals surface area contributed by atoms with Crippen LogP contribution >= 0.6 is 0 Å². The molecule has 1 unspecified atom stereocenters. The molecule has 0 aliphatic rings. The van der Waals surface area contributed by atoms with Crippen molar-refractivity contribution in [3.05, 3.63) is 62.9 Å². The highest BCUT2D eigenvalue weighted by Crippen LogP contribution is 2.19. The summed E-state index contributed by atoms with van der Waals surface area (Å²) in [6.45, 7) is 4.60. The van der Waals surface area contributed by atoms with E-state index in [-0.39, 0.29) is 19.1 Å². The summed E-state index contributed by atoms with van der Waals surface area (Å²) in [5.41, 5.74) is 7.51. The lowest BCUT2D eigenvalue weighted by Gasteiger charge is -2.20. The predicted molar refractivity (Wildman–Crippen MR) is 130 cm³/mol. The van der Waals surface area contributed by atoms with Crippen LogP contribution in [0, 0.1) is 11.8 Å². The first-order valence-electron chi connectivity index (χ1n) is 10.7. The predicted octanol–water partition coefficient (Wildman–Crippen LogP) is 1.30. The fourth-order valence-electron chi connectivity index (χ4n) is 4.02. The molecular formula is C24H27N7O2. The highest BCUT2D eigenvalue weighted by molar-refractivity contribution is 5.79. The molecule has 4 aromatic rings. The normalized spacial score (nSPS) is 12.0. The Morgan fingerprint density at radius 1 is 1.21 bits per heavy atom. The Morgan fingerprint density at radius 3 is 2.73 bits per heavy atom. The number of hydrogen-bond acceptors (Lipinski definition) is 6. The molecule has 0 bridgehead atoms. The zero-order valence-corrected chi connectivity index (χ0v) is 19.2. The van der Waals surface area contributed by atoms with E-state index < -0.39 is 11.2 Å². The number of benzene rings is 1. The van der Waals surface area contributed by atoms with Gasteiger partial charge < -0.3 is 10.6 Å². The first kappa shape index (κ1) is 22.3. The quantitative estimate of drug-likeness (QED) is 0.449. The summed E-state index contributed by atoms with van der Waals surface area (Å²) in [4.78, 5) is 37.6. The van der Waals surface area contributed by atoms with Gasteiger partial charge in [-0.15, -0.1) is 5.92 Å². The number of hydrogen-bond donors (Lipinski definition) is 1. The SMILES string of the molecule is CC#CCn1c(N(C)CC(C)N)nc2c1c(=O)n(Cc1ccc3ncccc3c1)c(=O)n2C. The topological polar surface area (TPSA) is 104 Å². The summed E-state index contributed by atoms with van der Waals surface area (Å²) in [7, 11) is 3.49. The molecule has 0 saturated heterocycles. The van der Waals surface area contributed by atoms with Gasteiger partial charge in [0.05, 0.1) is 18.6 Å². The zero-order valence-electron chi connectivity index (χ0n) is 19.2. The summed E-state index contributed by atoms with van der Waals surface area (Å²) in [6, 6.07) is 9.43. The molecule has 0 spiro atoms. The molecule has 9 heteroatoms. The van der Waals surface area contributed by atoms with Crippen molar-refractivity contribution in [3.8, 4) is 11.8 Å². The summed E-state index contributed by atoms with van der Waals surface area (Å²) < 4.78 is 4.42. The van der Waals surface area contributed by atoms with Crippen LogP contribution in [0.15, 0.2) is 46.1 Å². The van der Waals surface area contributed by atoms with E-state index in [0.717, 1.165) is 16.5 Å². The van der Waals surface area contributed by atoms with E-state index in [1.807, 2.05) is 49.2 Å². The number of anilines is 1. The molecule has 33 heavy (non-hydrogen) atoms. The molecule has 0 amide bonds. The van der Waals surface area contributed by atoms with Crippen LogP contribution in [-0.2, 0) is 20.1 Å². The first-order valence-corrected chi connectivity index (χ1v) is 10.7. The Labute approximate surface area is 191 Å². The number of pyridine rings is 1. The number of fused-ring (bicyclic) bond motifs is 2. The maximum Gasteiger partial charge on any atom is 0.332 e. The van der Waals surface area contributed by atoms with Gasteiger partial charge >= 0.3 is 5.69 Å². The molecule has 3 heterocycles. The van der Waals surface area contributed by atoms with Crippen LogP contribution in [0.4, 0.5) is 5.95 Å². The highest BCUT2D eigenvalue weighted by Gasteiger charge is 2.22. The summed E-state index contributed by atoms with van der Waals surface area (Å²) >= 11 is 0. The van der Waals surface area contributed by atoms with Crippen molar-refractivity contribution in [1.29, 1.82) is 0 Å². The van der Waals surface area contributed by atoms with E-state index >= 15 is 0 Å². The van der Waals surface area contributed by atoms with Crippen molar-refractivity contribution in [3.63, 3.8) is 0 Å². The number of aromatic nitrogens is 5. The average Bonchev–Trinajstić information content (AvgIpc) is 3.18. The number of aryl methyl sites for hydroxylation is 1. The number of nitrogens with two attached hydrogens (primary N) is 1. The van der Waals surface area contributed by atoms with Gasteiger partial charge in [0.15, 0.2) is 11.2 Å². The third kappa shape index (κ3) is 4.13. The monoisotopic (exact) mass is 445 g/mol. The first-order chi connectivity index (χ1) is 15.8. The second-order valence-corrected chi connectivity index (χ2v) is 8.22. The van der Waals surface area contributed by atoms with Gasteiger partial charge in [0.1, 0.15) is 0 Å². The number of rotatable bonds is 6. The van der Waals surface area contributed by atoms with Crippen molar-refractivity contribution >= 4 is 28.0 Å². The van der Waals surface area contributed by atoms with E-state index in [4.69, 9.17) is 5.73 Å². The van der Waals surface area contributed by atoms with Crippen LogP contribution in [0.1, 0.15) is 19.4 Å². The summed E-state index contributed by atoms with van der Waals surface area (Å²) in [6.07, 6.45) is 1.73. The highest BCUT2D eigenvalue weighted by atomic mass is 16.2. The van der Waals surface area contributed by atoms with Crippen LogP contribution in [0.5, 0.6) is 0 Å². The Bertz CT molecular complexity index is 1520. The fourth-order valence-corrected chi connectivity index (χ4v) is 4.02. The van der Waals surface area contributed by atoms with Gasteiger partial charge in [-0.25, -0.2) is 4.79 Å². The molecule has 0 fully saturated rings. The van der Waals surface area contributed by atoms with Crippen LogP contribution in [0.3, 0.4) is 0 Å². The van der Waals surface area contributed by atoms with E-state index in [1.54, 1.807) is 24.7 Å². The Kier molecular flexibility index (Phi) is 6.03. The van der Waals surface area contributed by atoms with Crippen molar-refractivity contribution in [2.45, 2.75) is 33.0 Å². The molecule has 0 aliphatic heterocycles. The van der Waals surface area contributed by atoms with Crippen molar-refractivity contribution < 1.29 is 0 Å². The second-order valence-electron chi connectivity index (χ2n) is 8.22. The van der Waals surface area contributed by atoms with Crippen LogP contribution in [0.2, 0.25) is 0 Å². The number of likely N-dealkylation sites (N-methyl/N-ethyl adjacent to an activating group) is 1. The van der Waals surface area contributed by atoms with Crippen LogP contribution in [-0.4, -0.2) is 43.3 Å². The van der Waals surface area contributed by atoms with Gasteiger partial charge in [-0.05, 0) is 37.6 Å². The van der Waals surface area contributed by atoms with Gasteiger partial charge in [-0.1, -0.05) is 18.1 Å². The molecule has 9 nitrogen and oxygen atoms in total.